The van der Waals surface area contributed by atoms with Crippen LogP contribution in [-0.4, -0.2) is 22.5 Å². The van der Waals surface area contributed by atoms with Crippen molar-refractivity contribution in [2.75, 3.05) is 6.61 Å². The Hall–Kier alpha value is -2.55. The molecule has 0 radical (unpaired) electrons. The minimum Gasteiger partial charge on any atom is -0.462 e. The molecule has 0 saturated carbocycles. The van der Waals surface area contributed by atoms with Crippen LogP contribution >= 0.6 is 11.6 Å². The van der Waals surface area contributed by atoms with Gasteiger partial charge in [-0.2, -0.15) is 4.39 Å². The van der Waals surface area contributed by atoms with Gasteiger partial charge in [0, 0.05) is 6.20 Å². The Labute approximate surface area is 125 Å². The van der Waals surface area contributed by atoms with E-state index in [2.05, 4.69) is 9.72 Å². The number of ether oxygens (including phenoxy) is 1. The van der Waals surface area contributed by atoms with Gasteiger partial charge in [0.25, 0.3) is 0 Å². The van der Waals surface area contributed by atoms with Crippen molar-refractivity contribution in [3.8, 4) is 0 Å². The summed E-state index contributed by atoms with van der Waals surface area (Å²) in [6.45, 7) is 1.43. The molecule has 0 aliphatic heterocycles. The SMILES string of the molecule is CCOC(=O)c1c[nH]c2c(F)c(Cl)c(F)c([N+](=O)[O-])c2c1=O. The van der Waals surface area contributed by atoms with Crippen molar-refractivity contribution in [1.29, 1.82) is 0 Å². The van der Waals surface area contributed by atoms with E-state index in [1.165, 1.54) is 6.92 Å². The molecule has 2 rings (SSSR count). The molecule has 1 N–H and O–H groups in total. The zero-order valence-corrected chi connectivity index (χ0v) is 11.7. The van der Waals surface area contributed by atoms with Gasteiger partial charge in [-0.05, 0) is 6.92 Å². The van der Waals surface area contributed by atoms with E-state index in [4.69, 9.17) is 11.6 Å². The summed E-state index contributed by atoms with van der Waals surface area (Å²) >= 11 is 5.34. The molecule has 2 aromatic rings. The van der Waals surface area contributed by atoms with Crippen molar-refractivity contribution in [3.63, 3.8) is 0 Å². The highest BCUT2D eigenvalue weighted by Gasteiger charge is 2.31. The number of rotatable bonds is 3. The number of carbonyl (C=O) groups excluding carboxylic acids is 1. The van der Waals surface area contributed by atoms with Gasteiger partial charge in [-0.1, -0.05) is 11.6 Å². The number of benzene rings is 1. The van der Waals surface area contributed by atoms with Gasteiger partial charge in [-0.25, -0.2) is 9.18 Å². The van der Waals surface area contributed by atoms with Crippen molar-refractivity contribution >= 4 is 34.2 Å². The van der Waals surface area contributed by atoms with Gasteiger partial charge in [0.2, 0.25) is 11.2 Å². The minimum absolute atomic E-state index is 0.0538. The number of nitro groups is 1. The molecule has 0 bridgehead atoms. The standard InChI is InChI=1S/C12H7ClF2N2O5/c1-2-22-12(19)4-3-16-9-5(11(4)18)10(17(20)21)8(15)6(13)7(9)14/h3H,2H2,1H3,(H,16,18). The van der Waals surface area contributed by atoms with Gasteiger partial charge in [0.05, 0.1) is 17.0 Å². The van der Waals surface area contributed by atoms with Crippen molar-refractivity contribution in [2.24, 2.45) is 0 Å². The lowest BCUT2D eigenvalue weighted by Crippen LogP contribution is -2.20. The Kier molecular flexibility index (Phi) is 4.09. The Morgan fingerprint density at radius 3 is 2.64 bits per heavy atom. The predicted molar refractivity (Wildman–Crippen MR) is 72.1 cm³/mol. The Balaban J connectivity index is 2.98. The van der Waals surface area contributed by atoms with Gasteiger partial charge < -0.3 is 9.72 Å². The number of aromatic nitrogens is 1. The van der Waals surface area contributed by atoms with E-state index in [1.54, 1.807) is 0 Å². The summed E-state index contributed by atoms with van der Waals surface area (Å²) < 4.78 is 32.3. The molecule has 7 nitrogen and oxygen atoms in total. The third-order valence-electron chi connectivity index (χ3n) is 2.81. The molecule has 0 atom stereocenters. The van der Waals surface area contributed by atoms with E-state index in [1.807, 2.05) is 0 Å². The molecule has 0 aliphatic carbocycles. The van der Waals surface area contributed by atoms with Gasteiger partial charge >= 0.3 is 11.7 Å². The first-order valence-electron chi connectivity index (χ1n) is 5.84. The van der Waals surface area contributed by atoms with Crippen LogP contribution in [0.5, 0.6) is 0 Å². The second kappa shape index (κ2) is 5.68. The number of nitrogens with zero attached hydrogens (tertiary/aromatic N) is 1. The van der Waals surface area contributed by atoms with E-state index in [-0.39, 0.29) is 6.61 Å². The molecule has 0 unspecified atom stereocenters. The van der Waals surface area contributed by atoms with E-state index in [0.717, 1.165) is 6.20 Å². The van der Waals surface area contributed by atoms with Crippen LogP contribution < -0.4 is 5.43 Å². The number of H-pyrrole nitrogens is 1. The largest absolute Gasteiger partial charge is 0.462 e. The lowest BCUT2D eigenvalue weighted by Gasteiger charge is -2.07. The molecule has 1 aromatic carbocycles. The number of hydrogen-bond donors (Lipinski definition) is 1. The average molecular weight is 333 g/mol. The molecule has 22 heavy (non-hydrogen) atoms. The smallest absolute Gasteiger partial charge is 0.343 e. The number of aromatic amines is 1. The third kappa shape index (κ3) is 2.29. The molecule has 1 heterocycles. The van der Waals surface area contributed by atoms with Crippen LogP contribution in [0, 0.1) is 21.7 Å². The summed E-state index contributed by atoms with van der Waals surface area (Å²) in [6.07, 6.45) is 0.823. The van der Waals surface area contributed by atoms with Crippen LogP contribution in [0.1, 0.15) is 17.3 Å². The zero-order valence-electron chi connectivity index (χ0n) is 10.9. The summed E-state index contributed by atoms with van der Waals surface area (Å²) in [4.78, 5) is 35.7. The highest BCUT2D eigenvalue weighted by Crippen LogP contribution is 2.34. The number of nitrogens with one attached hydrogen (secondary N) is 1. The van der Waals surface area contributed by atoms with E-state index < -0.39 is 55.1 Å². The summed E-state index contributed by atoms with van der Waals surface area (Å²) in [6, 6.07) is 0. The molecular formula is C12H7ClF2N2O5. The van der Waals surface area contributed by atoms with Crippen LogP contribution in [0.15, 0.2) is 11.0 Å². The Morgan fingerprint density at radius 1 is 1.45 bits per heavy atom. The van der Waals surface area contributed by atoms with Gasteiger partial charge in [0.1, 0.15) is 16.0 Å². The zero-order chi connectivity index (χ0) is 16.6. The van der Waals surface area contributed by atoms with Crippen LogP contribution in [0.2, 0.25) is 5.02 Å². The quantitative estimate of drug-likeness (QED) is 0.403. The van der Waals surface area contributed by atoms with E-state index in [9.17, 15) is 28.5 Å². The monoisotopic (exact) mass is 332 g/mol. The maximum Gasteiger partial charge on any atom is 0.343 e. The fourth-order valence-electron chi connectivity index (χ4n) is 1.88. The summed E-state index contributed by atoms with van der Waals surface area (Å²) in [7, 11) is 0. The first-order valence-corrected chi connectivity index (χ1v) is 6.22. The van der Waals surface area contributed by atoms with Crippen LogP contribution in [0.4, 0.5) is 14.5 Å². The fourth-order valence-corrected chi connectivity index (χ4v) is 2.06. The third-order valence-corrected chi connectivity index (χ3v) is 3.14. The lowest BCUT2D eigenvalue weighted by molar-refractivity contribution is -0.385. The van der Waals surface area contributed by atoms with Gasteiger partial charge in [0.15, 0.2) is 5.82 Å². The first-order chi connectivity index (χ1) is 10.3. The Morgan fingerprint density at radius 2 is 2.09 bits per heavy atom. The number of fused-ring (bicyclic) bond motifs is 1. The molecule has 0 aliphatic rings. The molecule has 116 valence electrons. The highest BCUT2D eigenvalue weighted by molar-refractivity contribution is 6.32. The minimum atomic E-state index is -1.69. The first kappa shape index (κ1) is 15.8. The molecular weight excluding hydrogens is 326 g/mol. The number of esters is 1. The second-order valence-electron chi connectivity index (χ2n) is 4.05. The summed E-state index contributed by atoms with van der Waals surface area (Å²) in [5.74, 6) is -4.13. The van der Waals surface area contributed by atoms with Crippen molar-refractivity contribution in [2.45, 2.75) is 6.92 Å². The van der Waals surface area contributed by atoms with Gasteiger partial charge in [-0.15, -0.1) is 0 Å². The summed E-state index contributed by atoms with van der Waals surface area (Å²) in [5.41, 5.74) is -3.82. The number of hydrogen-bond acceptors (Lipinski definition) is 5. The normalized spacial score (nSPS) is 10.7. The Bertz CT molecular complexity index is 865. The average Bonchev–Trinajstić information content (AvgIpc) is 2.46. The van der Waals surface area contributed by atoms with E-state index in [0.29, 0.717) is 0 Å². The fraction of sp³-hybridized carbons (Fsp3) is 0.167. The number of nitro benzene ring substituents is 1. The number of pyridine rings is 1. The second-order valence-corrected chi connectivity index (χ2v) is 4.43. The van der Waals surface area contributed by atoms with Crippen molar-refractivity contribution < 1.29 is 23.2 Å². The molecule has 10 heteroatoms. The van der Waals surface area contributed by atoms with Crippen molar-refractivity contribution in [3.05, 3.63) is 48.8 Å². The van der Waals surface area contributed by atoms with Crippen LogP contribution in [0.3, 0.4) is 0 Å². The maximum atomic E-state index is 13.9. The molecule has 0 spiro atoms. The molecule has 0 fully saturated rings. The topological polar surface area (TPSA) is 102 Å². The lowest BCUT2D eigenvalue weighted by atomic mass is 10.1. The summed E-state index contributed by atoms with van der Waals surface area (Å²) in [5, 5.41) is 8.93. The molecule has 1 aromatic heterocycles. The van der Waals surface area contributed by atoms with Crippen LogP contribution in [-0.2, 0) is 4.74 Å². The molecule has 0 amide bonds. The number of carbonyl (C=O) groups is 1. The van der Waals surface area contributed by atoms with Crippen molar-refractivity contribution in [1.82, 2.24) is 4.98 Å². The van der Waals surface area contributed by atoms with Crippen LogP contribution in [0.25, 0.3) is 10.9 Å². The molecule has 0 saturated heterocycles. The predicted octanol–water partition coefficient (Wildman–Crippen LogP) is 2.54. The maximum absolute atomic E-state index is 13.9. The number of halogens is 3. The highest BCUT2D eigenvalue weighted by atomic mass is 35.5. The van der Waals surface area contributed by atoms with E-state index >= 15 is 0 Å². The van der Waals surface area contributed by atoms with Gasteiger partial charge in [-0.3, -0.25) is 14.9 Å².